The smallest absolute Gasteiger partial charge is 0.140 e. The Labute approximate surface area is 89.5 Å². The number of aromatic nitrogens is 3. The molecule has 14 heavy (non-hydrogen) atoms. The Morgan fingerprint density at radius 2 is 2.43 bits per heavy atom. The Balaban J connectivity index is 2.30. The van der Waals surface area contributed by atoms with E-state index >= 15 is 0 Å². The van der Waals surface area contributed by atoms with Crippen molar-refractivity contribution in [1.82, 2.24) is 20.1 Å². The lowest BCUT2D eigenvalue weighted by Crippen LogP contribution is -2.20. The van der Waals surface area contributed by atoms with Gasteiger partial charge in [0.15, 0.2) is 0 Å². The van der Waals surface area contributed by atoms with Crippen LogP contribution in [-0.4, -0.2) is 33.3 Å². The molecule has 0 atom stereocenters. The molecule has 0 aliphatic rings. The maximum absolute atomic E-state index is 4.21. The van der Waals surface area contributed by atoms with Crippen molar-refractivity contribution in [3.8, 4) is 0 Å². The third-order valence-corrected chi connectivity index (χ3v) is 2.51. The van der Waals surface area contributed by atoms with Gasteiger partial charge in [-0.2, -0.15) is 16.9 Å². The lowest BCUT2D eigenvalue weighted by Gasteiger charge is -2.05. The second kappa shape index (κ2) is 6.84. The number of hydrogen-bond acceptors (Lipinski definition) is 4. The van der Waals surface area contributed by atoms with Gasteiger partial charge in [0.1, 0.15) is 12.2 Å². The van der Waals surface area contributed by atoms with Crippen molar-refractivity contribution in [3.63, 3.8) is 0 Å². The van der Waals surface area contributed by atoms with Gasteiger partial charge >= 0.3 is 0 Å². The van der Waals surface area contributed by atoms with Gasteiger partial charge in [-0.15, -0.1) is 0 Å². The van der Waals surface area contributed by atoms with Crippen LogP contribution in [0.15, 0.2) is 6.33 Å². The molecule has 1 heterocycles. The van der Waals surface area contributed by atoms with Crippen LogP contribution >= 0.6 is 11.8 Å². The zero-order chi connectivity index (χ0) is 10.2. The van der Waals surface area contributed by atoms with Gasteiger partial charge in [0, 0.05) is 18.8 Å². The largest absolute Gasteiger partial charge is 0.309 e. The normalized spacial score (nSPS) is 10.7. The summed E-state index contributed by atoms with van der Waals surface area (Å²) in [7, 11) is 0. The molecule has 5 heteroatoms. The van der Waals surface area contributed by atoms with Crippen LogP contribution in [0.4, 0.5) is 0 Å². The molecule has 4 nitrogen and oxygen atoms in total. The summed E-state index contributed by atoms with van der Waals surface area (Å²) in [6.07, 6.45) is 4.84. The maximum Gasteiger partial charge on any atom is 0.140 e. The van der Waals surface area contributed by atoms with Crippen LogP contribution in [0, 0.1) is 0 Å². The highest BCUT2D eigenvalue weighted by Crippen LogP contribution is 1.95. The average Bonchev–Trinajstić information content (AvgIpc) is 2.61. The van der Waals surface area contributed by atoms with E-state index in [0.29, 0.717) is 0 Å². The molecule has 0 aliphatic carbocycles. The summed E-state index contributed by atoms with van der Waals surface area (Å²) in [5.41, 5.74) is 0. The van der Waals surface area contributed by atoms with Crippen LogP contribution in [0.5, 0.6) is 0 Å². The molecule has 0 spiro atoms. The fourth-order valence-corrected chi connectivity index (χ4v) is 1.55. The second-order valence-electron chi connectivity index (χ2n) is 3.07. The van der Waals surface area contributed by atoms with Gasteiger partial charge in [0.05, 0.1) is 6.54 Å². The van der Waals surface area contributed by atoms with Crippen molar-refractivity contribution in [1.29, 1.82) is 0 Å². The highest BCUT2D eigenvalue weighted by Gasteiger charge is 2.01. The second-order valence-corrected chi connectivity index (χ2v) is 4.05. The summed E-state index contributed by atoms with van der Waals surface area (Å²) in [6, 6.07) is 0. The quantitative estimate of drug-likeness (QED) is 0.691. The minimum absolute atomic E-state index is 0.820. The fourth-order valence-electron chi connectivity index (χ4n) is 1.20. The number of aryl methyl sites for hydroxylation is 1. The lowest BCUT2D eigenvalue weighted by atomic mass is 10.4. The van der Waals surface area contributed by atoms with Gasteiger partial charge in [0.2, 0.25) is 0 Å². The van der Waals surface area contributed by atoms with Crippen molar-refractivity contribution in [2.45, 2.75) is 26.4 Å². The van der Waals surface area contributed by atoms with Crippen LogP contribution < -0.4 is 5.32 Å². The van der Waals surface area contributed by atoms with Crippen molar-refractivity contribution >= 4 is 11.8 Å². The molecule has 80 valence electrons. The van der Waals surface area contributed by atoms with Crippen molar-refractivity contribution in [2.75, 3.05) is 18.6 Å². The SMILES string of the molecule is CCCn1ncnc1CNCCSC. The molecule has 0 fully saturated rings. The lowest BCUT2D eigenvalue weighted by molar-refractivity contribution is 0.548. The van der Waals surface area contributed by atoms with Gasteiger partial charge in [0.25, 0.3) is 0 Å². The summed E-state index contributed by atoms with van der Waals surface area (Å²) in [6.45, 7) is 4.95. The van der Waals surface area contributed by atoms with E-state index in [0.717, 1.165) is 37.6 Å². The van der Waals surface area contributed by atoms with E-state index in [4.69, 9.17) is 0 Å². The van der Waals surface area contributed by atoms with Crippen LogP contribution in [0.1, 0.15) is 19.2 Å². The molecule has 1 N–H and O–H groups in total. The number of thioether (sulfide) groups is 1. The summed E-state index contributed by atoms with van der Waals surface area (Å²) < 4.78 is 1.96. The molecule has 0 radical (unpaired) electrons. The Morgan fingerprint density at radius 3 is 3.14 bits per heavy atom. The van der Waals surface area contributed by atoms with Crippen LogP contribution in [0.2, 0.25) is 0 Å². The summed E-state index contributed by atoms with van der Waals surface area (Å²) in [5.74, 6) is 2.18. The molecular weight excluding hydrogens is 196 g/mol. The highest BCUT2D eigenvalue weighted by atomic mass is 32.2. The molecule has 1 aromatic rings. The van der Waals surface area contributed by atoms with Crippen LogP contribution in [0.25, 0.3) is 0 Å². The Kier molecular flexibility index (Phi) is 5.63. The molecule has 0 bridgehead atoms. The Bertz CT molecular complexity index is 249. The topological polar surface area (TPSA) is 42.7 Å². The van der Waals surface area contributed by atoms with Crippen molar-refractivity contribution < 1.29 is 0 Å². The highest BCUT2D eigenvalue weighted by molar-refractivity contribution is 7.98. The summed E-state index contributed by atoms with van der Waals surface area (Å²) in [4.78, 5) is 4.21. The van der Waals surface area contributed by atoms with E-state index in [1.54, 1.807) is 6.33 Å². The Hall–Kier alpha value is -0.550. The molecule has 1 aromatic heterocycles. The van der Waals surface area contributed by atoms with Crippen LogP contribution in [-0.2, 0) is 13.1 Å². The van der Waals surface area contributed by atoms with E-state index < -0.39 is 0 Å². The maximum atomic E-state index is 4.21. The number of nitrogens with one attached hydrogen (secondary N) is 1. The first-order valence-electron chi connectivity index (χ1n) is 4.94. The zero-order valence-electron chi connectivity index (χ0n) is 8.86. The van der Waals surface area contributed by atoms with Crippen molar-refractivity contribution in [2.24, 2.45) is 0 Å². The van der Waals surface area contributed by atoms with E-state index in [9.17, 15) is 0 Å². The van der Waals surface area contributed by atoms with Gasteiger partial charge in [-0.3, -0.25) is 0 Å². The predicted octanol–water partition coefficient (Wildman–Crippen LogP) is 1.14. The summed E-state index contributed by atoms with van der Waals surface area (Å²) in [5, 5.41) is 7.51. The molecule has 0 aliphatic heterocycles. The molecule has 0 saturated carbocycles. The molecule has 0 saturated heterocycles. The van der Waals surface area contributed by atoms with Gasteiger partial charge in [-0.25, -0.2) is 9.67 Å². The first kappa shape index (κ1) is 11.5. The Morgan fingerprint density at radius 1 is 1.57 bits per heavy atom. The number of hydrogen-bond donors (Lipinski definition) is 1. The molecule has 0 unspecified atom stereocenters. The van der Waals surface area contributed by atoms with Crippen LogP contribution in [0.3, 0.4) is 0 Å². The first-order valence-corrected chi connectivity index (χ1v) is 6.34. The number of rotatable bonds is 7. The fraction of sp³-hybridized carbons (Fsp3) is 0.778. The third kappa shape index (κ3) is 3.67. The molecule has 1 rings (SSSR count). The predicted molar refractivity (Wildman–Crippen MR) is 60.4 cm³/mol. The summed E-state index contributed by atoms with van der Waals surface area (Å²) >= 11 is 1.85. The van der Waals surface area contributed by atoms with E-state index in [2.05, 4.69) is 28.6 Å². The van der Waals surface area contributed by atoms with E-state index in [1.165, 1.54) is 0 Å². The van der Waals surface area contributed by atoms with Gasteiger partial charge < -0.3 is 5.32 Å². The monoisotopic (exact) mass is 214 g/mol. The zero-order valence-corrected chi connectivity index (χ0v) is 9.68. The third-order valence-electron chi connectivity index (χ3n) is 1.90. The standard InChI is InChI=1S/C9H18N4S/c1-3-5-13-9(11-8-12-13)7-10-4-6-14-2/h8,10H,3-7H2,1-2H3. The minimum atomic E-state index is 0.820. The molecular formula is C9H18N4S. The average molecular weight is 214 g/mol. The molecule has 0 aromatic carbocycles. The van der Waals surface area contributed by atoms with E-state index in [1.807, 2.05) is 16.4 Å². The molecule has 0 amide bonds. The van der Waals surface area contributed by atoms with E-state index in [-0.39, 0.29) is 0 Å². The minimum Gasteiger partial charge on any atom is -0.309 e. The van der Waals surface area contributed by atoms with Gasteiger partial charge in [-0.05, 0) is 12.7 Å². The van der Waals surface area contributed by atoms with Gasteiger partial charge in [-0.1, -0.05) is 6.92 Å². The van der Waals surface area contributed by atoms with Crippen molar-refractivity contribution in [3.05, 3.63) is 12.2 Å². The first-order chi connectivity index (χ1) is 6.88. The number of nitrogens with zero attached hydrogens (tertiary/aromatic N) is 3.